The second-order valence-corrected chi connectivity index (χ2v) is 6.06. The van der Waals surface area contributed by atoms with Gasteiger partial charge in [-0.25, -0.2) is 4.79 Å². The van der Waals surface area contributed by atoms with Crippen molar-refractivity contribution in [1.82, 2.24) is 5.32 Å². The molecule has 1 atom stereocenters. The third-order valence-electron chi connectivity index (χ3n) is 4.50. The van der Waals surface area contributed by atoms with E-state index in [1.54, 1.807) is 11.9 Å². The van der Waals surface area contributed by atoms with E-state index in [1.807, 2.05) is 56.3 Å². The Labute approximate surface area is 141 Å². The van der Waals surface area contributed by atoms with Crippen molar-refractivity contribution in [3.63, 3.8) is 0 Å². The summed E-state index contributed by atoms with van der Waals surface area (Å²) in [5, 5.41) is 5.56. The summed E-state index contributed by atoms with van der Waals surface area (Å²) in [6.07, 6.45) is 0.524. The minimum atomic E-state index is -0.529. The van der Waals surface area contributed by atoms with E-state index in [2.05, 4.69) is 10.6 Å². The van der Waals surface area contributed by atoms with Crippen LogP contribution < -0.4 is 15.5 Å². The van der Waals surface area contributed by atoms with Crippen LogP contribution in [0.1, 0.15) is 16.7 Å². The highest BCUT2D eigenvalue weighted by Crippen LogP contribution is 2.32. The van der Waals surface area contributed by atoms with Gasteiger partial charge in [-0.15, -0.1) is 0 Å². The van der Waals surface area contributed by atoms with Crippen LogP contribution in [0.15, 0.2) is 42.5 Å². The first-order valence-electron chi connectivity index (χ1n) is 7.98. The number of fused-ring (bicyclic) bond motifs is 1. The number of likely N-dealkylation sites (N-methyl/N-ethyl adjacent to an activating group) is 1. The van der Waals surface area contributed by atoms with E-state index in [1.165, 1.54) is 5.56 Å². The average molecular weight is 323 g/mol. The van der Waals surface area contributed by atoms with Gasteiger partial charge in [0.15, 0.2) is 0 Å². The SMILES string of the molecule is CNC(=O)C1Cc2ccccc2N1C(=O)Nc1ccc(C)c(C)c1. The summed E-state index contributed by atoms with van der Waals surface area (Å²) in [4.78, 5) is 26.6. The molecule has 0 bridgehead atoms. The minimum Gasteiger partial charge on any atom is -0.357 e. The van der Waals surface area contributed by atoms with Crippen LogP contribution in [0.25, 0.3) is 0 Å². The molecule has 0 aromatic heterocycles. The number of hydrogen-bond donors (Lipinski definition) is 2. The van der Waals surface area contributed by atoms with Gasteiger partial charge >= 0.3 is 6.03 Å². The van der Waals surface area contributed by atoms with E-state index in [0.29, 0.717) is 6.42 Å². The molecule has 0 spiro atoms. The van der Waals surface area contributed by atoms with Crippen LogP contribution >= 0.6 is 0 Å². The zero-order valence-electron chi connectivity index (χ0n) is 14.1. The molecule has 0 fully saturated rings. The number of hydrogen-bond acceptors (Lipinski definition) is 2. The number of carbonyl (C=O) groups is 2. The Hall–Kier alpha value is -2.82. The molecule has 2 aromatic carbocycles. The fraction of sp³-hybridized carbons (Fsp3) is 0.263. The summed E-state index contributed by atoms with van der Waals surface area (Å²) in [7, 11) is 1.59. The van der Waals surface area contributed by atoms with Crippen molar-refractivity contribution in [2.24, 2.45) is 0 Å². The van der Waals surface area contributed by atoms with Crippen LogP contribution in [0, 0.1) is 13.8 Å². The molecule has 2 aromatic rings. The maximum Gasteiger partial charge on any atom is 0.327 e. The Kier molecular flexibility index (Phi) is 4.25. The molecule has 0 saturated carbocycles. The lowest BCUT2D eigenvalue weighted by Gasteiger charge is -2.24. The molecule has 5 heteroatoms. The number of nitrogens with one attached hydrogen (secondary N) is 2. The fourth-order valence-electron chi connectivity index (χ4n) is 3.02. The number of aryl methyl sites for hydroxylation is 2. The maximum atomic E-state index is 12.8. The van der Waals surface area contributed by atoms with Crippen molar-refractivity contribution in [3.05, 3.63) is 59.2 Å². The van der Waals surface area contributed by atoms with Crippen LogP contribution in [0.5, 0.6) is 0 Å². The zero-order valence-corrected chi connectivity index (χ0v) is 14.1. The second kappa shape index (κ2) is 6.35. The molecule has 1 unspecified atom stereocenters. The van der Waals surface area contributed by atoms with E-state index in [-0.39, 0.29) is 11.9 Å². The Balaban J connectivity index is 1.90. The molecule has 124 valence electrons. The third kappa shape index (κ3) is 2.85. The normalized spacial score (nSPS) is 15.8. The lowest BCUT2D eigenvalue weighted by molar-refractivity contribution is -0.121. The summed E-state index contributed by atoms with van der Waals surface area (Å²) < 4.78 is 0. The first-order chi connectivity index (χ1) is 11.5. The summed E-state index contributed by atoms with van der Waals surface area (Å²) in [6, 6.07) is 12.6. The Morgan fingerprint density at radius 2 is 1.83 bits per heavy atom. The van der Waals surface area contributed by atoms with Crippen molar-refractivity contribution in [2.75, 3.05) is 17.3 Å². The molecular weight excluding hydrogens is 302 g/mol. The Bertz CT molecular complexity index is 801. The Morgan fingerprint density at radius 3 is 2.54 bits per heavy atom. The number of nitrogens with zero attached hydrogens (tertiary/aromatic N) is 1. The highest BCUT2D eigenvalue weighted by molar-refractivity contribution is 6.08. The molecule has 2 N–H and O–H groups in total. The maximum absolute atomic E-state index is 12.8. The standard InChI is InChI=1S/C19H21N3O2/c1-12-8-9-15(10-13(12)2)21-19(24)22-16-7-5-4-6-14(16)11-17(22)18(23)20-3/h4-10,17H,11H2,1-3H3,(H,20,23)(H,21,24). The van der Waals surface area contributed by atoms with Crippen molar-refractivity contribution >= 4 is 23.3 Å². The van der Waals surface area contributed by atoms with Gasteiger partial charge in [-0.3, -0.25) is 9.69 Å². The zero-order chi connectivity index (χ0) is 17.3. The number of urea groups is 1. The summed E-state index contributed by atoms with van der Waals surface area (Å²) >= 11 is 0. The number of para-hydroxylation sites is 1. The van der Waals surface area contributed by atoms with Gasteiger partial charge in [-0.1, -0.05) is 24.3 Å². The lowest BCUT2D eigenvalue weighted by Crippen LogP contribution is -2.48. The molecule has 24 heavy (non-hydrogen) atoms. The van der Waals surface area contributed by atoms with Gasteiger partial charge in [-0.05, 0) is 48.7 Å². The van der Waals surface area contributed by atoms with Crippen LogP contribution in [0.4, 0.5) is 16.2 Å². The summed E-state index contributed by atoms with van der Waals surface area (Å²) in [5.41, 5.74) is 4.79. The van der Waals surface area contributed by atoms with E-state index >= 15 is 0 Å². The molecule has 3 amide bonds. The van der Waals surface area contributed by atoms with Crippen LogP contribution in [-0.4, -0.2) is 25.0 Å². The number of anilines is 2. The third-order valence-corrected chi connectivity index (χ3v) is 4.50. The largest absolute Gasteiger partial charge is 0.357 e. The average Bonchev–Trinajstić information content (AvgIpc) is 2.97. The van der Waals surface area contributed by atoms with Gasteiger partial charge < -0.3 is 10.6 Å². The van der Waals surface area contributed by atoms with E-state index in [9.17, 15) is 9.59 Å². The highest BCUT2D eigenvalue weighted by Gasteiger charge is 2.37. The first kappa shape index (κ1) is 16.1. The van der Waals surface area contributed by atoms with Gasteiger partial charge in [0.1, 0.15) is 6.04 Å². The Morgan fingerprint density at radius 1 is 1.08 bits per heavy atom. The quantitative estimate of drug-likeness (QED) is 0.892. The second-order valence-electron chi connectivity index (χ2n) is 6.06. The van der Waals surface area contributed by atoms with Crippen molar-refractivity contribution in [2.45, 2.75) is 26.3 Å². The van der Waals surface area contributed by atoms with Crippen LogP contribution in [-0.2, 0) is 11.2 Å². The number of benzene rings is 2. The summed E-state index contributed by atoms with van der Waals surface area (Å²) in [5.74, 6) is -0.165. The topological polar surface area (TPSA) is 61.4 Å². The molecule has 3 rings (SSSR count). The smallest absolute Gasteiger partial charge is 0.327 e. The molecular formula is C19H21N3O2. The molecule has 0 aliphatic carbocycles. The van der Waals surface area contributed by atoms with Gasteiger partial charge in [0.05, 0.1) is 0 Å². The monoisotopic (exact) mass is 323 g/mol. The van der Waals surface area contributed by atoms with E-state index in [4.69, 9.17) is 0 Å². The first-order valence-corrected chi connectivity index (χ1v) is 7.98. The van der Waals surface area contributed by atoms with Gasteiger partial charge in [0.2, 0.25) is 5.91 Å². The summed E-state index contributed by atoms with van der Waals surface area (Å²) in [6.45, 7) is 4.03. The van der Waals surface area contributed by atoms with Gasteiger partial charge in [0, 0.05) is 24.8 Å². The van der Waals surface area contributed by atoms with Crippen molar-refractivity contribution in [1.29, 1.82) is 0 Å². The van der Waals surface area contributed by atoms with Gasteiger partial charge in [-0.2, -0.15) is 0 Å². The van der Waals surface area contributed by atoms with Crippen LogP contribution in [0.3, 0.4) is 0 Å². The van der Waals surface area contributed by atoms with E-state index in [0.717, 1.165) is 22.5 Å². The van der Waals surface area contributed by atoms with E-state index < -0.39 is 6.04 Å². The van der Waals surface area contributed by atoms with Crippen LogP contribution in [0.2, 0.25) is 0 Å². The highest BCUT2D eigenvalue weighted by atomic mass is 16.2. The molecule has 0 saturated heterocycles. The van der Waals surface area contributed by atoms with Crippen molar-refractivity contribution in [3.8, 4) is 0 Å². The fourth-order valence-corrected chi connectivity index (χ4v) is 3.02. The number of carbonyl (C=O) groups excluding carboxylic acids is 2. The minimum absolute atomic E-state index is 0.165. The predicted molar refractivity (Wildman–Crippen MR) is 95.4 cm³/mol. The molecule has 0 radical (unpaired) electrons. The number of amides is 3. The molecule has 1 aliphatic rings. The lowest BCUT2D eigenvalue weighted by atomic mass is 10.1. The van der Waals surface area contributed by atoms with Crippen molar-refractivity contribution < 1.29 is 9.59 Å². The number of rotatable bonds is 2. The predicted octanol–water partition coefficient (Wildman–Crippen LogP) is 3.01. The van der Waals surface area contributed by atoms with Gasteiger partial charge in [0.25, 0.3) is 0 Å². The molecule has 1 aliphatic heterocycles. The molecule has 5 nitrogen and oxygen atoms in total. The molecule has 1 heterocycles.